The SMILES string of the molecule is COc1ccc(C)cc1/C=C/C(=O)NC1CCS(=O)(=O)C1. The highest BCUT2D eigenvalue weighted by atomic mass is 32.2. The number of carbonyl (C=O) groups excluding carboxylic acids is 1. The highest BCUT2D eigenvalue weighted by molar-refractivity contribution is 7.91. The van der Waals surface area contributed by atoms with Crippen LogP contribution in [0.3, 0.4) is 0 Å². The number of aryl methyl sites for hydroxylation is 1. The van der Waals surface area contributed by atoms with E-state index in [9.17, 15) is 13.2 Å². The summed E-state index contributed by atoms with van der Waals surface area (Å²) < 4.78 is 27.9. The molecule has 0 aliphatic carbocycles. The van der Waals surface area contributed by atoms with Crippen molar-refractivity contribution in [1.29, 1.82) is 0 Å². The number of hydrogen-bond acceptors (Lipinski definition) is 4. The summed E-state index contributed by atoms with van der Waals surface area (Å²) >= 11 is 0. The average Bonchev–Trinajstić information content (AvgIpc) is 2.75. The monoisotopic (exact) mass is 309 g/mol. The molecular formula is C15H19NO4S. The summed E-state index contributed by atoms with van der Waals surface area (Å²) in [5, 5.41) is 2.71. The molecule has 1 saturated heterocycles. The fourth-order valence-corrected chi connectivity index (χ4v) is 3.98. The number of ether oxygens (including phenoxy) is 1. The summed E-state index contributed by atoms with van der Waals surface area (Å²) in [5.41, 5.74) is 1.88. The lowest BCUT2D eigenvalue weighted by molar-refractivity contribution is -0.116. The van der Waals surface area contributed by atoms with Crippen LogP contribution >= 0.6 is 0 Å². The van der Waals surface area contributed by atoms with Gasteiger partial charge in [-0.25, -0.2) is 8.42 Å². The summed E-state index contributed by atoms with van der Waals surface area (Å²) in [5.74, 6) is 0.571. The third-order valence-electron chi connectivity index (χ3n) is 3.38. The lowest BCUT2D eigenvalue weighted by Crippen LogP contribution is -2.34. The molecule has 21 heavy (non-hydrogen) atoms. The quantitative estimate of drug-likeness (QED) is 0.852. The lowest BCUT2D eigenvalue weighted by atomic mass is 10.1. The second-order valence-corrected chi connectivity index (χ2v) is 7.42. The third kappa shape index (κ3) is 4.32. The van der Waals surface area contributed by atoms with E-state index in [2.05, 4.69) is 5.32 Å². The number of amides is 1. The topological polar surface area (TPSA) is 72.5 Å². The molecular weight excluding hydrogens is 290 g/mol. The number of benzene rings is 1. The molecule has 0 saturated carbocycles. The Morgan fingerprint density at radius 3 is 2.81 bits per heavy atom. The number of sulfone groups is 1. The zero-order valence-electron chi connectivity index (χ0n) is 12.1. The standard InChI is InChI=1S/C15H19NO4S/c1-11-3-5-14(20-2)12(9-11)4-6-15(17)16-13-7-8-21(18,19)10-13/h3-6,9,13H,7-8,10H2,1-2H3,(H,16,17)/b6-4+. The van der Waals surface area contributed by atoms with Gasteiger partial charge in [-0.05, 0) is 31.6 Å². The van der Waals surface area contributed by atoms with Crippen molar-refractivity contribution in [1.82, 2.24) is 5.32 Å². The highest BCUT2D eigenvalue weighted by Crippen LogP contribution is 2.21. The maximum atomic E-state index is 11.8. The largest absolute Gasteiger partial charge is 0.496 e. The number of carbonyl (C=O) groups is 1. The molecule has 1 amide bonds. The first-order chi connectivity index (χ1) is 9.89. The predicted molar refractivity (Wildman–Crippen MR) is 82.0 cm³/mol. The molecule has 114 valence electrons. The van der Waals surface area contributed by atoms with Gasteiger partial charge in [0, 0.05) is 17.7 Å². The van der Waals surface area contributed by atoms with Crippen LogP contribution in [0.4, 0.5) is 0 Å². The molecule has 0 spiro atoms. The normalized spacial score (nSPS) is 20.6. The summed E-state index contributed by atoms with van der Waals surface area (Å²) in [6, 6.07) is 5.41. The molecule has 1 aliphatic rings. The Kier molecular flexibility index (Phi) is 4.67. The van der Waals surface area contributed by atoms with Gasteiger partial charge >= 0.3 is 0 Å². The van der Waals surface area contributed by atoms with E-state index in [1.54, 1.807) is 13.2 Å². The van der Waals surface area contributed by atoms with E-state index in [0.29, 0.717) is 12.2 Å². The molecule has 0 radical (unpaired) electrons. The minimum atomic E-state index is -2.98. The van der Waals surface area contributed by atoms with Crippen LogP contribution in [0.2, 0.25) is 0 Å². The van der Waals surface area contributed by atoms with Crippen molar-refractivity contribution in [3.05, 3.63) is 35.4 Å². The van der Waals surface area contributed by atoms with Crippen molar-refractivity contribution in [2.24, 2.45) is 0 Å². The van der Waals surface area contributed by atoms with E-state index in [4.69, 9.17) is 4.74 Å². The van der Waals surface area contributed by atoms with E-state index in [0.717, 1.165) is 11.1 Å². The molecule has 1 aromatic carbocycles. The highest BCUT2D eigenvalue weighted by Gasteiger charge is 2.28. The first kappa shape index (κ1) is 15.6. The Bertz CT molecular complexity index is 664. The first-order valence-electron chi connectivity index (χ1n) is 6.73. The molecule has 1 fully saturated rings. The molecule has 6 heteroatoms. The van der Waals surface area contributed by atoms with Gasteiger partial charge in [-0.3, -0.25) is 4.79 Å². The van der Waals surface area contributed by atoms with Crippen LogP contribution < -0.4 is 10.1 Å². The maximum absolute atomic E-state index is 11.8. The molecule has 0 bridgehead atoms. The van der Waals surface area contributed by atoms with Crippen LogP contribution in [0.25, 0.3) is 6.08 Å². The molecule has 0 aromatic heterocycles. The van der Waals surface area contributed by atoms with Crippen molar-refractivity contribution in [3.8, 4) is 5.75 Å². The molecule has 1 heterocycles. The number of nitrogens with one attached hydrogen (secondary N) is 1. The molecule has 1 aliphatic heterocycles. The van der Waals surface area contributed by atoms with Gasteiger partial charge in [-0.1, -0.05) is 11.6 Å². The Labute approximate surface area is 124 Å². The molecule has 5 nitrogen and oxygen atoms in total. The average molecular weight is 309 g/mol. The molecule has 1 unspecified atom stereocenters. The van der Waals surface area contributed by atoms with E-state index in [-0.39, 0.29) is 23.5 Å². The minimum absolute atomic E-state index is 0.0281. The Morgan fingerprint density at radius 2 is 2.19 bits per heavy atom. The first-order valence-corrected chi connectivity index (χ1v) is 8.55. The van der Waals surface area contributed by atoms with Crippen LogP contribution in [-0.2, 0) is 14.6 Å². The second-order valence-electron chi connectivity index (χ2n) is 5.19. The minimum Gasteiger partial charge on any atom is -0.496 e. The molecule has 1 N–H and O–H groups in total. The van der Waals surface area contributed by atoms with Crippen LogP contribution in [0.15, 0.2) is 24.3 Å². The van der Waals surface area contributed by atoms with Gasteiger partial charge in [0.2, 0.25) is 5.91 Å². The van der Waals surface area contributed by atoms with Gasteiger partial charge in [-0.15, -0.1) is 0 Å². The Hall–Kier alpha value is -1.82. The van der Waals surface area contributed by atoms with Gasteiger partial charge in [0.05, 0.1) is 18.6 Å². The van der Waals surface area contributed by atoms with Gasteiger partial charge in [0.1, 0.15) is 5.75 Å². The maximum Gasteiger partial charge on any atom is 0.244 e. The summed E-state index contributed by atoms with van der Waals surface area (Å²) in [6.07, 6.45) is 3.56. The van der Waals surface area contributed by atoms with Crippen molar-refractivity contribution in [3.63, 3.8) is 0 Å². The van der Waals surface area contributed by atoms with Gasteiger partial charge in [0.15, 0.2) is 9.84 Å². The van der Waals surface area contributed by atoms with Crippen molar-refractivity contribution in [2.75, 3.05) is 18.6 Å². The van der Waals surface area contributed by atoms with Crippen LogP contribution in [-0.4, -0.2) is 39.0 Å². The zero-order valence-corrected chi connectivity index (χ0v) is 12.9. The molecule has 1 aromatic rings. The van der Waals surface area contributed by atoms with Crippen LogP contribution in [0.5, 0.6) is 5.75 Å². The van der Waals surface area contributed by atoms with E-state index >= 15 is 0 Å². The number of methoxy groups -OCH3 is 1. The van der Waals surface area contributed by atoms with Crippen molar-refractivity contribution < 1.29 is 17.9 Å². The van der Waals surface area contributed by atoms with E-state index < -0.39 is 9.84 Å². The summed E-state index contributed by atoms with van der Waals surface area (Å²) in [6.45, 7) is 1.96. The number of rotatable bonds is 4. The fraction of sp³-hybridized carbons (Fsp3) is 0.400. The van der Waals surface area contributed by atoms with Crippen molar-refractivity contribution >= 4 is 21.8 Å². The van der Waals surface area contributed by atoms with Gasteiger partial charge in [0.25, 0.3) is 0 Å². The van der Waals surface area contributed by atoms with E-state index in [1.165, 1.54) is 6.08 Å². The van der Waals surface area contributed by atoms with Crippen LogP contribution in [0, 0.1) is 6.92 Å². The summed E-state index contributed by atoms with van der Waals surface area (Å²) in [4.78, 5) is 11.8. The predicted octanol–water partition coefficient (Wildman–Crippen LogP) is 1.32. The Morgan fingerprint density at radius 1 is 1.43 bits per heavy atom. The zero-order chi connectivity index (χ0) is 15.5. The molecule has 1 atom stereocenters. The third-order valence-corrected chi connectivity index (χ3v) is 5.15. The summed E-state index contributed by atoms with van der Waals surface area (Å²) in [7, 11) is -1.41. The van der Waals surface area contributed by atoms with Gasteiger partial charge in [-0.2, -0.15) is 0 Å². The Balaban J connectivity index is 2.01. The van der Waals surface area contributed by atoms with E-state index in [1.807, 2.05) is 25.1 Å². The lowest BCUT2D eigenvalue weighted by Gasteiger charge is -2.08. The fourth-order valence-electron chi connectivity index (χ4n) is 2.31. The van der Waals surface area contributed by atoms with Gasteiger partial charge < -0.3 is 10.1 Å². The number of hydrogen-bond donors (Lipinski definition) is 1. The second kappa shape index (κ2) is 6.30. The van der Waals surface area contributed by atoms with Crippen molar-refractivity contribution in [2.45, 2.75) is 19.4 Å². The van der Waals surface area contributed by atoms with Crippen LogP contribution in [0.1, 0.15) is 17.5 Å². The molecule has 2 rings (SSSR count). The smallest absolute Gasteiger partial charge is 0.244 e.